The number of aromatic nitrogens is 1. The first-order valence-corrected chi connectivity index (χ1v) is 6.22. The lowest BCUT2D eigenvalue weighted by molar-refractivity contribution is 0.0690. The minimum atomic E-state index is -1.05. The number of carboxylic acid groups (broad SMARTS) is 1. The van der Waals surface area contributed by atoms with Crippen molar-refractivity contribution in [3.8, 4) is 0 Å². The number of carboxylic acids is 1. The van der Waals surface area contributed by atoms with Crippen molar-refractivity contribution >= 4 is 12.0 Å². The van der Waals surface area contributed by atoms with Gasteiger partial charge in [0, 0.05) is 32.7 Å². The van der Waals surface area contributed by atoms with Gasteiger partial charge in [-0.1, -0.05) is 13.8 Å². The van der Waals surface area contributed by atoms with Crippen LogP contribution in [0, 0.1) is 5.92 Å². The van der Waals surface area contributed by atoms with E-state index in [9.17, 15) is 4.79 Å². The van der Waals surface area contributed by atoms with Crippen LogP contribution in [0.5, 0.6) is 0 Å². The fraction of sp³-hybridized carbons (Fsp3) is 0.667. The predicted octanol–water partition coefficient (Wildman–Crippen LogP) is 1.15. The van der Waals surface area contributed by atoms with E-state index in [-0.39, 0.29) is 5.69 Å². The first-order valence-electron chi connectivity index (χ1n) is 6.22. The monoisotopic (exact) mass is 253 g/mol. The Balaban J connectivity index is 1.90. The third-order valence-corrected chi connectivity index (χ3v) is 2.98. The number of oxazole rings is 1. The average Bonchev–Trinajstić information content (AvgIpc) is 2.78. The summed E-state index contributed by atoms with van der Waals surface area (Å²) in [6.45, 7) is 9.09. The van der Waals surface area contributed by atoms with Crippen LogP contribution in [0.2, 0.25) is 0 Å². The van der Waals surface area contributed by atoms with E-state index in [4.69, 9.17) is 9.52 Å². The molecule has 0 radical (unpaired) electrons. The second-order valence-corrected chi connectivity index (χ2v) is 5.00. The van der Waals surface area contributed by atoms with Gasteiger partial charge in [0.2, 0.25) is 0 Å². The van der Waals surface area contributed by atoms with Gasteiger partial charge in [0.1, 0.15) is 6.26 Å². The summed E-state index contributed by atoms with van der Waals surface area (Å²) < 4.78 is 5.20. The van der Waals surface area contributed by atoms with Crippen molar-refractivity contribution in [1.29, 1.82) is 0 Å². The molecule has 1 N–H and O–H groups in total. The molecule has 0 saturated carbocycles. The average molecular weight is 253 g/mol. The fourth-order valence-electron chi connectivity index (χ4n) is 2.15. The first kappa shape index (κ1) is 12.9. The highest BCUT2D eigenvalue weighted by Gasteiger charge is 2.22. The van der Waals surface area contributed by atoms with Gasteiger partial charge in [0.05, 0.1) is 0 Å². The number of piperazine rings is 1. The molecular formula is C12H19N3O3. The SMILES string of the molecule is CC(C)CN1CCN(c2nc(C(=O)O)co2)CC1. The van der Waals surface area contributed by atoms with E-state index in [1.807, 2.05) is 4.90 Å². The van der Waals surface area contributed by atoms with Gasteiger partial charge in [-0.2, -0.15) is 4.98 Å². The highest BCUT2D eigenvalue weighted by molar-refractivity contribution is 5.85. The molecular weight excluding hydrogens is 234 g/mol. The maximum atomic E-state index is 10.7. The van der Waals surface area contributed by atoms with Crippen molar-refractivity contribution in [2.24, 2.45) is 5.92 Å². The van der Waals surface area contributed by atoms with E-state index in [0.717, 1.165) is 32.7 Å². The Morgan fingerprint density at radius 1 is 1.44 bits per heavy atom. The van der Waals surface area contributed by atoms with E-state index in [1.54, 1.807) is 0 Å². The second-order valence-electron chi connectivity index (χ2n) is 5.00. The van der Waals surface area contributed by atoms with Gasteiger partial charge in [0.25, 0.3) is 6.01 Å². The Labute approximate surface area is 106 Å². The number of nitrogens with zero attached hydrogens (tertiary/aromatic N) is 3. The third kappa shape index (κ3) is 3.01. The number of aromatic carboxylic acids is 1. The molecule has 18 heavy (non-hydrogen) atoms. The van der Waals surface area contributed by atoms with Gasteiger partial charge >= 0.3 is 5.97 Å². The van der Waals surface area contributed by atoms with Crippen LogP contribution in [-0.2, 0) is 0 Å². The van der Waals surface area contributed by atoms with Gasteiger partial charge in [-0.15, -0.1) is 0 Å². The molecule has 0 amide bonds. The number of hydrogen-bond donors (Lipinski definition) is 1. The number of hydrogen-bond acceptors (Lipinski definition) is 5. The van der Waals surface area contributed by atoms with Crippen LogP contribution in [0.3, 0.4) is 0 Å². The molecule has 1 saturated heterocycles. The van der Waals surface area contributed by atoms with E-state index >= 15 is 0 Å². The normalized spacial score (nSPS) is 17.4. The van der Waals surface area contributed by atoms with Crippen LogP contribution in [0.4, 0.5) is 6.01 Å². The maximum Gasteiger partial charge on any atom is 0.357 e. The summed E-state index contributed by atoms with van der Waals surface area (Å²) >= 11 is 0. The number of carbonyl (C=O) groups is 1. The molecule has 0 aromatic carbocycles. The number of rotatable bonds is 4. The summed E-state index contributed by atoms with van der Waals surface area (Å²) in [7, 11) is 0. The highest BCUT2D eigenvalue weighted by atomic mass is 16.4. The lowest BCUT2D eigenvalue weighted by atomic mass is 10.2. The van der Waals surface area contributed by atoms with Crippen molar-refractivity contribution in [2.45, 2.75) is 13.8 Å². The molecule has 100 valence electrons. The van der Waals surface area contributed by atoms with Gasteiger partial charge in [-0.05, 0) is 5.92 Å². The molecule has 0 spiro atoms. The molecule has 1 aromatic heterocycles. The molecule has 1 aliphatic heterocycles. The predicted molar refractivity (Wildman–Crippen MR) is 67.0 cm³/mol. The molecule has 2 heterocycles. The molecule has 0 aliphatic carbocycles. The summed E-state index contributed by atoms with van der Waals surface area (Å²) in [5.74, 6) is -0.389. The van der Waals surface area contributed by atoms with E-state index < -0.39 is 5.97 Å². The molecule has 6 heteroatoms. The van der Waals surface area contributed by atoms with Crippen LogP contribution in [0.25, 0.3) is 0 Å². The molecule has 0 bridgehead atoms. The van der Waals surface area contributed by atoms with Crippen molar-refractivity contribution in [3.05, 3.63) is 12.0 Å². The Morgan fingerprint density at radius 3 is 2.61 bits per heavy atom. The van der Waals surface area contributed by atoms with Crippen molar-refractivity contribution in [2.75, 3.05) is 37.6 Å². The van der Waals surface area contributed by atoms with Gasteiger partial charge in [0.15, 0.2) is 5.69 Å². The quantitative estimate of drug-likeness (QED) is 0.868. The maximum absolute atomic E-state index is 10.7. The Morgan fingerprint density at radius 2 is 2.11 bits per heavy atom. The van der Waals surface area contributed by atoms with Crippen LogP contribution in [-0.4, -0.2) is 53.7 Å². The summed E-state index contributed by atoms with van der Waals surface area (Å²) in [6.07, 6.45) is 1.19. The summed E-state index contributed by atoms with van der Waals surface area (Å²) in [5, 5.41) is 8.79. The number of anilines is 1. The lowest BCUT2D eigenvalue weighted by Gasteiger charge is -2.34. The third-order valence-electron chi connectivity index (χ3n) is 2.98. The van der Waals surface area contributed by atoms with Crippen LogP contribution in [0.1, 0.15) is 24.3 Å². The van der Waals surface area contributed by atoms with Crippen molar-refractivity contribution < 1.29 is 14.3 Å². The zero-order chi connectivity index (χ0) is 13.1. The molecule has 1 aliphatic rings. The van der Waals surface area contributed by atoms with Gasteiger partial charge in [-0.25, -0.2) is 4.79 Å². The van der Waals surface area contributed by atoms with Crippen LogP contribution in [0.15, 0.2) is 10.7 Å². The Bertz CT molecular complexity index is 408. The largest absolute Gasteiger partial charge is 0.476 e. The van der Waals surface area contributed by atoms with Gasteiger partial charge in [-0.3, -0.25) is 4.90 Å². The second kappa shape index (κ2) is 5.39. The Hall–Kier alpha value is -1.56. The molecule has 0 atom stereocenters. The summed E-state index contributed by atoms with van der Waals surface area (Å²) in [4.78, 5) is 19.1. The lowest BCUT2D eigenvalue weighted by Crippen LogP contribution is -2.47. The van der Waals surface area contributed by atoms with E-state index in [2.05, 4.69) is 23.7 Å². The van der Waals surface area contributed by atoms with Gasteiger partial charge < -0.3 is 14.4 Å². The highest BCUT2D eigenvalue weighted by Crippen LogP contribution is 2.16. The molecule has 2 rings (SSSR count). The summed E-state index contributed by atoms with van der Waals surface area (Å²) in [6, 6.07) is 0.414. The minimum absolute atomic E-state index is 0.0328. The minimum Gasteiger partial charge on any atom is -0.476 e. The fourth-order valence-corrected chi connectivity index (χ4v) is 2.15. The zero-order valence-electron chi connectivity index (χ0n) is 10.8. The smallest absolute Gasteiger partial charge is 0.357 e. The molecule has 0 unspecified atom stereocenters. The standard InChI is InChI=1S/C12H19N3O3/c1-9(2)7-14-3-5-15(6-4-14)12-13-10(8-18-12)11(16)17/h8-9H,3-7H2,1-2H3,(H,16,17). The molecule has 1 aromatic rings. The first-order chi connectivity index (χ1) is 8.56. The van der Waals surface area contributed by atoms with E-state index in [0.29, 0.717) is 11.9 Å². The van der Waals surface area contributed by atoms with Crippen LogP contribution < -0.4 is 4.90 Å². The molecule has 1 fully saturated rings. The topological polar surface area (TPSA) is 69.8 Å². The van der Waals surface area contributed by atoms with Crippen LogP contribution >= 0.6 is 0 Å². The summed E-state index contributed by atoms with van der Waals surface area (Å²) in [5.41, 5.74) is -0.0328. The zero-order valence-corrected chi connectivity index (χ0v) is 10.8. The molecule has 6 nitrogen and oxygen atoms in total. The Kier molecular flexibility index (Phi) is 3.86. The van der Waals surface area contributed by atoms with Crippen molar-refractivity contribution in [1.82, 2.24) is 9.88 Å². The van der Waals surface area contributed by atoms with E-state index in [1.165, 1.54) is 6.26 Å². The van der Waals surface area contributed by atoms with Crippen molar-refractivity contribution in [3.63, 3.8) is 0 Å².